The van der Waals surface area contributed by atoms with E-state index in [1.54, 1.807) is 0 Å². The summed E-state index contributed by atoms with van der Waals surface area (Å²) in [5.74, 6) is -0.526. The van der Waals surface area contributed by atoms with Crippen molar-refractivity contribution in [2.24, 2.45) is 0 Å². The molecule has 22 heavy (non-hydrogen) atoms. The molecule has 2 aromatic carbocycles. The van der Waals surface area contributed by atoms with E-state index in [9.17, 15) is 14.0 Å². The van der Waals surface area contributed by atoms with Crippen LogP contribution in [0, 0.1) is 5.82 Å². The molecule has 110 valence electrons. The maximum atomic E-state index is 13.0. The zero-order valence-corrected chi connectivity index (χ0v) is 11.6. The van der Waals surface area contributed by atoms with Crippen LogP contribution in [0.1, 0.15) is 6.92 Å². The lowest BCUT2D eigenvalue weighted by molar-refractivity contribution is -0.131. The van der Waals surface area contributed by atoms with Crippen molar-refractivity contribution >= 4 is 16.9 Å². The highest BCUT2D eigenvalue weighted by Crippen LogP contribution is 2.23. The third kappa shape index (κ3) is 2.61. The largest absolute Gasteiger partial charge is 0.463 e. The normalized spacial score (nSPS) is 10.6. The van der Waals surface area contributed by atoms with Crippen molar-refractivity contribution in [3.05, 3.63) is 64.8 Å². The van der Waals surface area contributed by atoms with E-state index in [2.05, 4.69) is 0 Å². The molecule has 1 heterocycles. The van der Waals surface area contributed by atoms with E-state index in [-0.39, 0.29) is 11.2 Å². The Morgan fingerprint density at radius 1 is 1.14 bits per heavy atom. The smallest absolute Gasteiger partial charge is 0.308 e. The number of hydrogen-bond donors (Lipinski definition) is 0. The molecule has 0 fully saturated rings. The average Bonchev–Trinajstić information content (AvgIpc) is 2.48. The Hall–Kier alpha value is -2.95. The average molecular weight is 298 g/mol. The van der Waals surface area contributed by atoms with Crippen LogP contribution in [0.2, 0.25) is 0 Å². The zero-order chi connectivity index (χ0) is 15.7. The van der Waals surface area contributed by atoms with Gasteiger partial charge < -0.3 is 9.15 Å². The minimum atomic E-state index is -0.454. The van der Waals surface area contributed by atoms with Crippen LogP contribution >= 0.6 is 0 Å². The van der Waals surface area contributed by atoms with Gasteiger partial charge in [-0.15, -0.1) is 0 Å². The summed E-state index contributed by atoms with van der Waals surface area (Å²) in [7, 11) is 0. The molecule has 0 aliphatic carbocycles. The monoisotopic (exact) mass is 298 g/mol. The van der Waals surface area contributed by atoms with Gasteiger partial charge in [-0.2, -0.15) is 0 Å². The van der Waals surface area contributed by atoms with E-state index in [0.717, 1.165) is 0 Å². The first-order valence-electron chi connectivity index (χ1n) is 6.54. The zero-order valence-electron chi connectivity index (χ0n) is 11.6. The van der Waals surface area contributed by atoms with Crippen molar-refractivity contribution in [1.29, 1.82) is 0 Å². The third-order valence-corrected chi connectivity index (χ3v) is 3.16. The summed E-state index contributed by atoms with van der Waals surface area (Å²) in [5.41, 5.74) is 0.991. The van der Waals surface area contributed by atoms with Crippen LogP contribution in [-0.4, -0.2) is 5.97 Å². The summed E-state index contributed by atoms with van der Waals surface area (Å²) in [6, 6.07) is 10.1. The fraction of sp³-hybridized carbons (Fsp3) is 0.0588. The fourth-order valence-corrected chi connectivity index (χ4v) is 2.17. The minimum Gasteiger partial charge on any atom is -0.463 e. The predicted molar refractivity (Wildman–Crippen MR) is 79.2 cm³/mol. The first-order chi connectivity index (χ1) is 10.5. The molecule has 3 rings (SSSR count). The Kier molecular flexibility index (Phi) is 3.47. The quantitative estimate of drug-likeness (QED) is 0.536. The number of halogens is 1. The van der Waals surface area contributed by atoms with Gasteiger partial charge in [-0.25, -0.2) is 4.39 Å². The first kappa shape index (κ1) is 14.0. The lowest BCUT2D eigenvalue weighted by Gasteiger charge is -2.05. The van der Waals surface area contributed by atoms with Crippen LogP contribution in [-0.2, 0) is 4.79 Å². The van der Waals surface area contributed by atoms with Gasteiger partial charge in [-0.05, 0) is 29.8 Å². The van der Waals surface area contributed by atoms with Crippen molar-refractivity contribution in [3.8, 4) is 16.9 Å². The van der Waals surface area contributed by atoms with E-state index in [1.165, 1.54) is 55.7 Å². The van der Waals surface area contributed by atoms with Crippen molar-refractivity contribution in [2.75, 3.05) is 0 Å². The summed E-state index contributed by atoms with van der Waals surface area (Å²) in [6.07, 6.45) is 1.31. The lowest BCUT2D eigenvalue weighted by atomic mass is 10.1. The second-order valence-electron chi connectivity index (χ2n) is 4.74. The highest BCUT2D eigenvalue weighted by Gasteiger charge is 2.10. The van der Waals surface area contributed by atoms with Gasteiger partial charge in [0, 0.05) is 13.0 Å². The molecule has 0 aliphatic rings. The van der Waals surface area contributed by atoms with E-state index in [1.807, 2.05) is 0 Å². The van der Waals surface area contributed by atoms with Crippen molar-refractivity contribution in [2.45, 2.75) is 6.92 Å². The molecular weight excluding hydrogens is 287 g/mol. The summed E-state index contributed by atoms with van der Waals surface area (Å²) in [5, 5.41) is 0.359. The Balaban J connectivity index is 2.12. The molecule has 0 unspecified atom stereocenters. The third-order valence-electron chi connectivity index (χ3n) is 3.16. The molecule has 0 N–H and O–H groups in total. The van der Waals surface area contributed by atoms with Gasteiger partial charge in [-0.3, -0.25) is 9.59 Å². The number of rotatable bonds is 2. The number of ether oxygens (including phenoxy) is 1. The second kappa shape index (κ2) is 5.44. The molecule has 4 nitrogen and oxygen atoms in total. The van der Waals surface area contributed by atoms with Crippen molar-refractivity contribution in [1.82, 2.24) is 0 Å². The molecule has 1 aromatic heterocycles. The molecule has 0 amide bonds. The highest BCUT2D eigenvalue weighted by atomic mass is 19.1. The van der Waals surface area contributed by atoms with Gasteiger partial charge in [-0.1, -0.05) is 12.1 Å². The summed E-state index contributed by atoms with van der Waals surface area (Å²) < 4.78 is 23.4. The molecule has 0 saturated carbocycles. The van der Waals surface area contributed by atoms with Gasteiger partial charge in [0.25, 0.3) is 0 Å². The topological polar surface area (TPSA) is 56.5 Å². The molecule has 3 aromatic rings. The van der Waals surface area contributed by atoms with Crippen LogP contribution in [0.15, 0.2) is 57.9 Å². The van der Waals surface area contributed by atoms with Gasteiger partial charge in [0.05, 0.1) is 10.9 Å². The van der Waals surface area contributed by atoms with Gasteiger partial charge in [0.1, 0.15) is 23.4 Å². The molecule has 0 saturated heterocycles. The van der Waals surface area contributed by atoms with Crippen LogP contribution in [0.4, 0.5) is 4.39 Å². The summed E-state index contributed by atoms with van der Waals surface area (Å²) in [4.78, 5) is 23.4. The number of carbonyl (C=O) groups excluding carboxylic acids is 1. The lowest BCUT2D eigenvalue weighted by Crippen LogP contribution is -2.06. The first-order valence-corrected chi connectivity index (χ1v) is 6.54. The number of benzene rings is 2. The van der Waals surface area contributed by atoms with Gasteiger partial charge >= 0.3 is 5.97 Å². The van der Waals surface area contributed by atoms with E-state index in [0.29, 0.717) is 27.8 Å². The summed E-state index contributed by atoms with van der Waals surface area (Å²) in [6.45, 7) is 1.29. The highest BCUT2D eigenvalue weighted by molar-refractivity contribution is 5.83. The Labute approximate surface area is 124 Å². The molecule has 0 aliphatic heterocycles. The maximum absolute atomic E-state index is 13.0. The number of carbonyl (C=O) groups is 1. The SMILES string of the molecule is CC(=O)Oc1ccc2c(=O)c(-c3ccc(F)cc3)coc2c1. The van der Waals surface area contributed by atoms with Crippen molar-refractivity contribution < 1.29 is 18.3 Å². The number of fused-ring (bicyclic) bond motifs is 1. The molecule has 5 heteroatoms. The van der Waals surface area contributed by atoms with E-state index in [4.69, 9.17) is 9.15 Å². The van der Waals surface area contributed by atoms with Gasteiger partial charge in [0.2, 0.25) is 0 Å². The van der Waals surface area contributed by atoms with E-state index < -0.39 is 5.97 Å². The molecule has 0 bridgehead atoms. The molecule has 0 spiro atoms. The Morgan fingerprint density at radius 3 is 2.55 bits per heavy atom. The molecule has 0 atom stereocenters. The van der Waals surface area contributed by atoms with Crippen LogP contribution < -0.4 is 10.2 Å². The van der Waals surface area contributed by atoms with Crippen LogP contribution in [0.5, 0.6) is 5.75 Å². The second-order valence-corrected chi connectivity index (χ2v) is 4.74. The number of esters is 1. The standard InChI is InChI=1S/C17H11FO4/c1-10(19)22-13-6-7-14-16(8-13)21-9-15(17(14)20)11-2-4-12(18)5-3-11/h2-9H,1H3. The Bertz CT molecular complexity index is 910. The van der Waals surface area contributed by atoms with Crippen LogP contribution in [0.25, 0.3) is 22.1 Å². The molecule has 0 radical (unpaired) electrons. The molecular formula is C17H11FO4. The van der Waals surface area contributed by atoms with Crippen molar-refractivity contribution in [3.63, 3.8) is 0 Å². The Morgan fingerprint density at radius 2 is 1.86 bits per heavy atom. The van der Waals surface area contributed by atoms with E-state index >= 15 is 0 Å². The fourth-order valence-electron chi connectivity index (χ4n) is 2.17. The summed E-state index contributed by atoms with van der Waals surface area (Å²) >= 11 is 0. The number of hydrogen-bond acceptors (Lipinski definition) is 4. The predicted octanol–water partition coefficient (Wildman–Crippen LogP) is 3.52. The maximum Gasteiger partial charge on any atom is 0.308 e. The minimum absolute atomic E-state index is 0.234. The van der Waals surface area contributed by atoms with Crippen LogP contribution in [0.3, 0.4) is 0 Å². The van der Waals surface area contributed by atoms with Gasteiger partial charge in [0.15, 0.2) is 5.43 Å².